The van der Waals surface area contributed by atoms with Crippen molar-refractivity contribution >= 4 is 17.4 Å². The minimum Gasteiger partial charge on any atom is -0.493 e. The average molecular weight is 255 g/mol. The minimum atomic E-state index is -0.00288. The monoisotopic (exact) mass is 254 g/mol. The van der Waals surface area contributed by atoms with Crippen LogP contribution in [0.2, 0.25) is 0 Å². The zero-order valence-electron chi connectivity index (χ0n) is 9.90. The highest BCUT2D eigenvalue weighted by atomic mass is 35.5. The van der Waals surface area contributed by atoms with Gasteiger partial charge in [0.1, 0.15) is 6.61 Å². The molecule has 0 atom stereocenters. The van der Waals surface area contributed by atoms with Crippen LogP contribution >= 0.6 is 11.6 Å². The Morgan fingerprint density at radius 1 is 1.35 bits per heavy atom. The lowest BCUT2D eigenvalue weighted by atomic mass is 10.1. The topological polar surface area (TPSA) is 35.5 Å². The third-order valence-corrected chi connectivity index (χ3v) is 2.34. The number of carbonyl (C=O) groups is 1. The van der Waals surface area contributed by atoms with Crippen molar-refractivity contribution in [3.63, 3.8) is 0 Å². The van der Waals surface area contributed by atoms with Gasteiger partial charge in [0.2, 0.25) is 0 Å². The van der Waals surface area contributed by atoms with Crippen LogP contribution in [0.15, 0.2) is 30.4 Å². The van der Waals surface area contributed by atoms with Crippen LogP contribution in [0, 0.1) is 0 Å². The molecule has 1 rings (SSSR count). The van der Waals surface area contributed by atoms with Gasteiger partial charge in [-0.3, -0.25) is 4.79 Å². The molecule has 0 aliphatic heterocycles. The maximum Gasteiger partial charge on any atom is 0.161 e. The van der Waals surface area contributed by atoms with Crippen molar-refractivity contribution in [3.8, 4) is 11.5 Å². The fourth-order valence-electron chi connectivity index (χ4n) is 1.27. The summed E-state index contributed by atoms with van der Waals surface area (Å²) >= 11 is 5.49. The predicted molar refractivity (Wildman–Crippen MR) is 68.4 cm³/mol. The molecule has 0 aromatic heterocycles. The molecule has 3 nitrogen and oxygen atoms in total. The van der Waals surface area contributed by atoms with E-state index in [1.807, 2.05) is 6.08 Å². The van der Waals surface area contributed by atoms with Crippen LogP contribution in [0.1, 0.15) is 17.3 Å². The number of alkyl halides is 1. The Balaban J connectivity index is 2.78. The second-order valence-electron chi connectivity index (χ2n) is 3.36. The molecule has 0 radical (unpaired) electrons. The molecular formula is C13H15ClO3. The van der Waals surface area contributed by atoms with Gasteiger partial charge in [0, 0.05) is 11.4 Å². The lowest BCUT2D eigenvalue weighted by molar-refractivity contribution is 0.101. The highest BCUT2D eigenvalue weighted by Gasteiger charge is 2.07. The number of carbonyl (C=O) groups excluding carboxylic acids is 1. The quantitative estimate of drug-likeness (QED) is 0.445. The van der Waals surface area contributed by atoms with E-state index in [9.17, 15) is 4.79 Å². The Labute approximate surface area is 106 Å². The lowest BCUT2D eigenvalue weighted by Gasteiger charge is -2.09. The first-order valence-electron chi connectivity index (χ1n) is 5.21. The minimum absolute atomic E-state index is 0.00288. The summed E-state index contributed by atoms with van der Waals surface area (Å²) in [5, 5.41) is 0. The van der Waals surface area contributed by atoms with Gasteiger partial charge in [-0.25, -0.2) is 0 Å². The first-order chi connectivity index (χ1) is 8.19. The second-order valence-corrected chi connectivity index (χ2v) is 3.67. The number of ether oxygens (including phenoxy) is 2. The lowest BCUT2D eigenvalue weighted by Crippen LogP contribution is -1.99. The highest BCUT2D eigenvalue weighted by molar-refractivity contribution is 6.18. The van der Waals surface area contributed by atoms with E-state index in [1.54, 1.807) is 31.4 Å². The number of hydrogen-bond acceptors (Lipinski definition) is 3. The molecule has 0 unspecified atom stereocenters. The van der Waals surface area contributed by atoms with Gasteiger partial charge >= 0.3 is 0 Å². The Kier molecular flexibility index (Phi) is 5.57. The SMILES string of the molecule is COc1cc(C(C)=O)ccc1OC/C=C\CCl. The Hall–Kier alpha value is -1.48. The average Bonchev–Trinajstić information content (AvgIpc) is 2.34. The molecule has 1 aromatic rings. The molecule has 0 aliphatic carbocycles. The molecule has 0 aliphatic rings. The molecule has 0 bridgehead atoms. The number of benzene rings is 1. The van der Waals surface area contributed by atoms with Crippen molar-refractivity contribution in [3.05, 3.63) is 35.9 Å². The number of methoxy groups -OCH3 is 1. The normalized spacial score (nSPS) is 10.5. The third-order valence-electron chi connectivity index (χ3n) is 2.16. The number of Topliss-reactive ketones (excluding diaryl/α,β-unsaturated/α-hetero) is 1. The van der Waals surface area contributed by atoms with Crippen molar-refractivity contribution in [2.45, 2.75) is 6.92 Å². The molecule has 17 heavy (non-hydrogen) atoms. The smallest absolute Gasteiger partial charge is 0.161 e. The summed E-state index contributed by atoms with van der Waals surface area (Å²) in [5.41, 5.74) is 0.602. The molecule has 92 valence electrons. The van der Waals surface area contributed by atoms with Gasteiger partial charge in [-0.15, -0.1) is 11.6 Å². The fraction of sp³-hybridized carbons (Fsp3) is 0.308. The number of rotatable bonds is 6. The first-order valence-corrected chi connectivity index (χ1v) is 5.75. The number of hydrogen-bond donors (Lipinski definition) is 0. The van der Waals surface area contributed by atoms with Crippen molar-refractivity contribution in [2.24, 2.45) is 0 Å². The van der Waals surface area contributed by atoms with Gasteiger partial charge < -0.3 is 9.47 Å². The number of allylic oxidation sites excluding steroid dienone is 1. The van der Waals surface area contributed by atoms with Crippen molar-refractivity contribution in [2.75, 3.05) is 19.6 Å². The molecule has 0 N–H and O–H groups in total. The van der Waals surface area contributed by atoms with Crippen molar-refractivity contribution in [1.82, 2.24) is 0 Å². The van der Waals surface area contributed by atoms with E-state index >= 15 is 0 Å². The summed E-state index contributed by atoms with van der Waals surface area (Å²) in [6, 6.07) is 5.11. The van der Waals surface area contributed by atoms with Crippen LogP contribution in [0.5, 0.6) is 11.5 Å². The Bertz CT molecular complexity index is 413. The molecule has 0 heterocycles. The third kappa shape index (κ3) is 4.11. The van der Waals surface area contributed by atoms with E-state index in [4.69, 9.17) is 21.1 Å². The van der Waals surface area contributed by atoms with Crippen molar-refractivity contribution < 1.29 is 14.3 Å². The molecule has 1 aromatic carbocycles. The second kappa shape index (κ2) is 6.97. The number of halogens is 1. The molecule has 0 saturated carbocycles. The maximum absolute atomic E-state index is 11.2. The van der Waals surface area contributed by atoms with Gasteiger partial charge in [-0.1, -0.05) is 12.2 Å². The van der Waals surface area contributed by atoms with Crippen LogP contribution in [0.4, 0.5) is 0 Å². The molecule has 0 fully saturated rings. The van der Waals surface area contributed by atoms with Crippen LogP contribution in [-0.2, 0) is 0 Å². The van der Waals surface area contributed by atoms with Gasteiger partial charge in [0.15, 0.2) is 17.3 Å². The van der Waals surface area contributed by atoms with E-state index in [0.717, 1.165) is 0 Å². The maximum atomic E-state index is 11.2. The fourth-order valence-corrected chi connectivity index (χ4v) is 1.40. The zero-order valence-corrected chi connectivity index (χ0v) is 10.7. The summed E-state index contributed by atoms with van der Waals surface area (Å²) in [6.07, 6.45) is 3.63. The van der Waals surface area contributed by atoms with Gasteiger partial charge in [-0.2, -0.15) is 0 Å². The molecular weight excluding hydrogens is 240 g/mol. The van der Waals surface area contributed by atoms with E-state index in [-0.39, 0.29) is 5.78 Å². The van der Waals surface area contributed by atoms with E-state index in [1.165, 1.54) is 6.92 Å². The van der Waals surface area contributed by atoms with Gasteiger partial charge in [0.05, 0.1) is 7.11 Å². The molecule has 0 saturated heterocycles. The van der Waals surface area contributed by atoms with Crippen LogP contribution in [0.25, 0.3) is 0 Å². The van der Waals surface area contributed by atoms with Gasteiger partial charge in [0.25, 0.3) is 0 Å². The molecule has 0 amide bonds. The van der Waals surface area contributed by atoms with Gasteiger partial charge in [-0.05, 0) is 25.1 Å². The van der Waals surface area contributed by atoms with Crippen LogP contribution in [-0.4, -0.2) is 25.4 Å². The van der Waals surface area contributed by atoms with Crippen LogP contribution < -0.4 is 9.47 Å². The van der Waals surface area contributed by atoms with Crippen LogP contribution in [0.3, 0.4) is 0 Å². The number of ketones is 1. The molecule has 0 spiro atoms. The standard InChI is InChI=1S/C13H15ClO3/c1-10(15)11-5-6-12(13(9-11)16-2)17-8-4-3-7-14/h3-6,9H,7-8H2,1-2H3/b4-3-. The molecule has 4 heteroatoms. The summed E-state index contributed by atoms with van der Waals surface area (Å²) in [7, 11) is 1.54. The first kappa shape index (κ1) is 13.6. The van der Waals surface area contributed by atoms with Crippen molar-refractivity contribution in [1.29, 1.82) is 0 Å². The summed E-state index contributed by atoms with van der Waals surface area (Å²) < 4.78 is 10.6. The predicted octanol–water partition coefficient (Wildman–Crippen LogP) is 3.07. The summed E-state index contributed by atoms with van der Waals surface area (Å²) in [5.74, 6) is 1.62. The highest BCUT2D eigenvalue weighted by Crippen LogP contribution is 2.28. The van der Waals surface area contributed by atoms with E-state index in [0.29, 0.717) is 29.5 Å². The summed E-state index contributed by atoms with van der Waals surface area (Å²) in [4.78, 5) is 11.2. The largest absolute Gasteiger partial charge is 0.493 e. The Morgan fingerprint density at radius 3 is 2.71 bits per heavy atom. The summed E-state index contributed by atoms with van der Waals surface area (Å²) in [6.45, 7) is 1.93. The van der Waals surface area contributed by atoms with E-state index in [2.05, 4.69) is 0 Å². The Morgan fingerprint density at radius 2 is 2.12 bits per heavy atom. The zero-order chi connectivity index (χ0) is 12.7. The van der Waals surface area contributed by atoms with E-state index < -0.39 is 0 Å².